The zero-order chi connectivity index (χ0) is 27.6. The zero-order valence-electron chi connectivity index (χ0n) is 20.6. The molecular formula is C27H23AsClF3N2O4. The second-order valence-electron chi connectivity index (χ2n) is 8.60. The van der Waals surface area contributed by atoms with Crippen molar-refractivity contribution in [2.45, 2.75) is 31.3 Å². The Morgan fingerprint density at radius 2 is 1.79 bits per heavy atom. The van der Waals surface area contributed by atoms with Crippen LogP contribution in [0.2, 0.25) is 10.2 Å². The van der Waals surface area contributed by atoms with Crippen LogP contribution in [0.3, 0.4) is 0 Å². The number of H-pyrrole nitrogens is 1. The van der Waals surface area contributed by atoms with Crippen LogP contribution >= 0.6 is 11.6 Å². The van der Waals surface area contributed by atoms with Crippen LogP contribution in [-0.2, 0) is 15.7 Å². The first-order chi connectivity index (χ1) is 18.0. The molecule has 0 spiro atoms. The topological polar surface area (TPSA) is 81.3 Å². The summed E-state index contributed by atoms with van der Waals surface area (Å²) in [5.41, 5.74) is 2.03. The molecule has 2 heterocycles. The van der Waals surface area contributed by atoms with E-state index >= 15 is 0 Å². The molecule has 1 N–H and O–H groups in total. The fourth-order valence-corrected chi connectivity index (χ4v) is 6.13. The van der Waals surface area contributed by atoms with Crippen LogP contribution in [0.1, 0.15) is 29.9 Å². The number of hydrogen-bond acceptors (Lipinski definition) is 5. The van der Waals surface area contributed by atoms with Gasteiger partial charge in [-0.3, -0.25) is 0 Å². The molecule has 11 heteroatoms. The first-order valence-corrected chi connectivity index (χ1v) is 14.4. The number of hydrogen-bond donors (Lipinski definition) is 1. The number of esters is 1. The molecule has 0 saturated heterocycles. The SMILES string of the molecule is COC(=O)C[AsH]C(=O)c1[nH]c2ccc(-c3ccc(C(F)(F)F)cn3)c(-c3ccc(OC(C)C)cc3)c2c1Cl. The normalized spacial score (nSPS) is 12.0. The van der Waals surface area contributed by atoms with Crippen LogP contribution < -0.4 is 4.74 Å². The van der Waals surface area contributed by atoms with Crippen LogP contribution in [0, 0.1) is 0 Å². The average molecular weight is 607 g/mol. The van der Waals surface area contributed by atoms with E-state index in [1.165, 1.54) is 13.2 Å². The van der Waals surface area contributed by atoms with Gasteiger partial charge in [-0.1, -0.05) is 0 Å². The van der Waals surface area contributed by atoms with E-state index in [1.807, 2.05) is 26.0 Å². The Labute approximate surface area is 228 Å². The van der Waals surface area contributed by atoms with E-state index in [-0.39, 0.29) is 26.6 Å². The van der Waals surface area contributed by atoms with E-state index in [2.05, 4.69) is 14.7 Å². The number of rotatable bonds is 8. The summed E-state index contributed by atoms with van der Waals surface area (Å²) in [5, 5.41) is 0.715. The number of benzene rings is 2. The van der Waals surface area contributed by atoms with E-state index in [0.29, 0.717) is 39.0 Å². The third-order valence-corrected chi connectivity index (χ3v) is 8.19. The molecule has 198 valence electrons. The van der Waals surface area contributed by atoms with Crippen LogP contribution in [0.25, 0.3) is 33.3 Å². The molecule has 0 aliphatic heterocycles. The molecule has 0 aliphatic rings. The Kier molecular flexibility index (Phi) is 8.18. The molecule has 6 nitrogen and oxygen atoms in total. The van der Waals surface area contributed by atoms with E-state index in [9.17, 15) is 22.8 Å². The van der Waals surface area contributed by atoms with Gasteiger partial charge in [-0.2, -0.15) is 0 Å². The molecule has 4 rings (SSSR count). The van der Waals surface area contributed by atoms with Gasteiger partial charge in [0.05, 0.1) is 0 Å². The van der Waals surface area contributed by atoms with Gasteiger partial charge in [0, 0.05) is 0 Å². The van der Waals surface area contributed by atoms with E-state index in [1.54, 1.807) is 24.3 Å². The molecule has 2 aromatic carbocycles. The summed E-state index contributed by atoms with van der Waals surface area (Å²) in [5.74, 6) is 0.181. The number of aromatic amines is 1. The first kappa shape index (κ1) is 27.7. The molecule has 0 radical (unpaired) electrons. The maximum absolute atomic E-state index is 13.1. The number of pyridine rings is 1. The number of ether oxygens (including phenoxy) is 2. The summed E-state index contributed by atoms with van der Waals surface area (Å²) in [6.07, 6.45) is -3.76. The Morgan fingerprint density at radius 3 is 2.37 bits per heavy atom. The van der Waals surface area contributed by atoms with Gasteiger partial charge in [-0.15, -0.1) is 0 Å². The average Bonchev–Trinajstić information content (AvgIpc) is 3.22. The van der Waals surface area contributed by atoms with Crippen molar-refractivity contribution in [1.29, 1.82) is 0 Å². The van der Waals surface area contributed by atoms with Crippen LogP contribution in [0.15, 0.2) is 54.7 Å². The molecule has 0 saturated carbocycles. The molecule has 0 aliphatic carbocycles. The van der Waals surface area contributed by atoms with Crippen molar-refractivity contribution in [3.05, 3.63) is 71.0 Å². The molecule has 1 atom stereocenters. The van der Waals surface area contributed by atoms with E-state index in [0.717, 1.165) is 12.3 Å². The molecule has 2 aromatic heterocycles. The molecule has 0 fully saturated rings. The van der Waals surface area contributed by atoms with Gasteiger partial charge in [0.15, 0.2) is 0 Å². The number of nitrogens with zero attached hydrogens (tertiary/aromatic N) is 1. The summed E-state index contributed by atoms with van der Waals surface area (Å²) in [4.78, 5) is 31.6. The quantitative estimate of drug-likeness (QED) is 0.182. The summed E-state index contributed by atoms with van der Waals surface area (Å²) < 4.78 is 49.5. The van der Waals surface area contributed by atoms with Gasteiger partial charge in [0.1, 0.15) is 0 Å². The van der Waals surface area contributed by atoms with Crippen molar-refractivity contribution in [1.82, 2.24) is 9.97 Å². The summed E-state index contributed by atoms with van der Waals surface area (Å²) in [6, 6.07) is 12.9. The van der Waals surface area contributed by atoms with Crippen LogP contribution in [0.4, 0.5) is 13.2 Å². The Morgan fingerprint density at radius 1 is 1.08 bits per heavy atom. The Balaban J connectivity index is 1.88. The van der Waals surface area contributed by atoms with Crippen LogP contribution in [0.5, 0.6) is 5.75 Å². The first-order valence-electron chi connectivity index (χ1n) is 11.5. The number of carbonyl (C=O) groups is 2. The minimum absolute atomic E-state index is 0.0198. The number of methoxy groups -OCH3 is 1. The van der Waals surface area contributed by atoms with Crippen molar-refractivity contribution >= 4 is 48.8 Å². The minimum atomic E-state index is -4.52. The molecular weight excluding hydrogens is 584 g/mol. The Hall–Kier alpha value is -3.29. The van der Waals surface area contributed by atoms with Gasteiger partial charge < -0.3 is 0 Å². The molecule has 0 bridgehead atoms. The number of nitrogens with one attached hydrogen (secondary N) is 1. The van der Waals surface area contributed by atoms with Gasteiger partial charge in [0.2, 0.25) is 0 Å². The number of aromatic nitrogens is 2. The van der Waals surface area contributed by atoms with Gasteiger partial charge in [-0.05, 0) is 0 Å². The number of alkyl halides is 3. The fraction of sp³-hybridized carbons (Fsp3) is 0.222. The third-order valence-electron chi connectivity index (χ3n) is 5.63. The summed E-state index contributed by atoms with van der Waals surface area (Å²) in [6.45, 7) is 3.81. The predicted molar refractivity (Wildman–Crippen MR) is 141 cm³/mol. The van der Waals surface area contributed by atoms with Crippen molar-refractivity contribution in [2.75, 3.05) is 7.11 Å². The molecule has 1 unspecified atom stereocenters. The number of fused-ring (bicyclic) bond motifs is 1. The standard InChI is InChI=1S/C27H23AsClF3N2O4/c1-14(2)38-17-7-4-15(5-8-17)22-18(19-10-6-16(13-33-19)27(30,31)32)9-11-20-23(22)24(29)25(34-20)26(36)28-12-21(35)37-3/h4-11,13-14,28,34H,12H2,1-3H3. The molecule has 38 heavy (non-hydrogen) atoms. The van der Waals surface area contributed by atoms with Crippen molar-refractivity contribution < 1.29 is 32.2 Å². The monoisotopic (exact) mass is 606 g/mol. The van der Waals surface area contributed by atoms with Gasteiger partial charge >= 0.3 is 229 Å². The van der Waals surface area contributed by atoms with E-state index < -0.39 is 33.5 Å². The zero-order valence-corrected chi connectivity index (χ0v) is 23.4. The van der Waals surface area contributed by atoms with E-state index in [4.69, 9.17) is 16.3 Å². The molecule has 0 amide bonds. The summed E-state index contributed by atoms with van der Waals surface area (Å²) in [7, 11) is 1.26. The van der Waals surface area contributed by atoms with Crippen LogP contribution in [-0.4, -0.2) is 49.5 Å². The number of carbonyl (C=O) groups excluding carboxylic acids is 2. The van der Waals surface area contributed by atoms with Crippen molar-refractivity contribution in [2.24, 2.45) is 0 Å². The van der Waals surface area contributed by atoms with Gasteiger partial charge in [-0.25, -0.2) is 0 Å². The Bertz CT molecular complexity index is 1480. The number of halogens is 4. The van der Waals surface area contributed by atoms with Crippen molar-refractivity contribution in [3.63, 3.8) is 0 Å². The van der Waals surface area contributed by atoms with Crippen molar-refractivity contribution in [3.8, 4) is 28.1 Å². The second kappa shape index (κ2) is 11.2. The fourth-order valence-electron chi connectivity index (χ4n) is 3.93. The maximum atomic E-state index is 13.1. The summed E-state index contributed by atoms with van der Waals surface area (Å²) >= 11 is 5.38. The predicted octanol–water partition coefficient (Wildman–Crippen LogP) is 6.52. The molecule has 4 aromatic rings. The van der Waals surface area contributed by atoms with Gasteiger partial charge in [0.25, 0.3) is 0 Å². The second-order valence-corrected chi connectivity index (χ2v) is 11.4. The third kappa shape index (κ3) is 5.89.